The van der Waals surface area contributed by atoms with E-state index >= 15 is 0 Å². The summed E-state index contributed by atoms with van der Waals surface area (Å²) in [6.07, 6.45) is 5.61. The van der Waals surface area contributed by atoms with Gasteiger partial charge in [0, 0.05) is 24.9 Å². The number of ether oxygens (including phenoxy) is 1. The number of halogens is 1. The maximum absolute atomic E-state index is 5.97. The number of benzene rings is 1. The highest BCUT2D eigenvalue weighted by Gasteiger charge is 2.21. The fraction of sp³-hybridized carbons (Fsp3) is 0.375. The summed E-state index contributed by atoms with van der Waals surface area (Å²) in [5.41, 5.74) is 4.84. The molecule has 0 bridgehead atoms. The first-order chi connectivity index (χ1) is 9.90. The van der Waals surface area contributed by atoms with Crippen LogP contribution in [0.1, 0.15) is 23.7 Å². The van der Waals surface area contributed by atoms with Crippen LogP contribution in [0.3, 0.4) is 0 Å². The van der Waals surface area contributed by atoms with E-state index in [9.17, 15) is 0 Å². The summed E-state index contributed by atoms with van der Waals surface area (Å²) in [6, 6.07) is 8.37. The SMILES string of the molecule is CNC[C@@H]1OCCCc2c(-c3ccncn3)cccc21.Cl. The summed E-state index contributed by atoms with van der Waals surface area (Å²) in [7, 11) is 1.96. The van der Waals surface area contributed by atoms with Crippen LogP contribution >= 0.6 is 12.4 Å². The van der Waals surface area contributed by atoms with Crippen LogP contribution in [0.5, 0.6) is 0 Å². The third-order valence-electron chi connectivity index (χ3n) is 3.70. The van der Waals surface area contributed by atoms with E-state index in [-0.39, 0.29) is 18.5 Å². The van der Waals surface area contributed by atoms with E-state index in [1.165, 1.54) is 16.7 Å². The van der Waals surface area contributed by atoms with Crippen LogP contribution in [0.4, 0.5) is 0 Å². The fourth-order valence-electron chi connectivity index (χ4n) is 2.79. The molecule has 0 radical (unpaired) electrons. The van der Waals surface area contributed by atoms with Crippen LogP contribution in [0, 0.1) is 0 Å². The second kappa shape index (κ2) is 7.50. The zero-order valence-electron chi connectivity index (χ0n) is 12.1. The van der Waals surface area contributed by atoms with E-state index in [2.05, 4.69) is 33.5 Å². The maximum Gasteiger partial charge on any atom is 0.116 e. The molecular formula is C16H20ClN3O. The topological polar surface area (TPSA) is 47.0 Å². The molecule has 0 spiro atoms. The first-order valence-corrected chi connectivity index (χ1v) is 7.04. The van der Waals surface area contributed by atoms with Gasteiger partial charge < -0.3 is 10.1 Å². The van der Waals surface area contributed by atoms with Crippen molar-refractivity contribution in [2.75, 3.05) is 20.2 Å². The van der Waals surface area contributed by atoms with Gasteiger partial charge in [0.2, 0.25) is 0 Å². The van der Waals surface area contributed by atoms with E-state index in [4.69, 9.17) is 4.74 Å². The Bertz CT molecular complexity index is 577. The van der Waals surface area contributed by atoms with Gasteiger partial charge >= 0.3 is 0 Å². The highest BCUT2D eigenvalue weighted by molar-refractivity contribution is 5.85. The lowest BCUT2D eigenvalue weighted by Crippen LogP contribution is -2.20. The predicted octanol–water partition coefficient (Wildman–Crippen LogP) is 2.79. The van der Waals surface area contributed by atoms with Gasteiger partial charge in [-0.2, -0.15) is 0 Å². The molecule has 1 aromatic carbocycles. The van der Waals surface area contributed by atoms with Crippen molar-refractivity contribution in [2.45, 2.75) is 18.9 Å². The second-order valence-electron chi connectivity index (χ2n) is 4.99. The lowest BCUT2D eigenvalue weighted by molar-refractivity contribution is 0.0579. The summed E-state index contributed by atoms with van der Waals surface area (Å²) in [5, 5.41) is 3.21. The smallest absolute Gasteiger partial charge is 0.116 e. The minimum absolute atomic E-state index is 0. The van der Waals surface area contributed by atoms with Gasteiger partial charge in [-0.1, -0.05) is 18.2 Å². The Labute approximate surface area is 131 Å². The maximum atomic E-state index is 5.97. The Morgan fingerprint density at radius 1 is 1.33 bits per heavy atom. The molecule has 0 amide bonds. The molecular weight excluding hydrogens is 286 g/mol. The molecule has 0 fully saturated rings. The molecule has 0 saturated carbocycles. The number of hydrogen-bond donors (Lipinski definition) is 1. The summed E-state index contributed by atoms with van der Waals surface area (Å²) in [5.74, 6) is 0. The monoisotopic (exact) mass is 305 g/mol. The zero-order valence-corrected chi connectivity index (χ0v) is 12.9. The van der Waals surface area contributed by atoms with Gasteiger partial charge in [0.05, 0.1) is 11.8 Å². The van der Waals surface area contributed by atoms with Crippen molar-refractivity contribution in [1.82, 2.24) is 15.3 Å². The molecule has 1 aliphatic rings. The minimum atomic E-state index is 0. The Balaban J connectivity index is 0.00000161. The second-order valence-corrected chi connectivity index (χ2v) is 4.99. The molecule has 4 nitrogen and oxygen atoms in total. The molecule has 21 heavy (non-hydrogen) atoms. The summed E-state index contributed by atoms with van der Waals surface area (Å²) in [6.45, 7) is 1.64. The lowest BCUT2D eigenvalue weighted by atomic mass is 9.93. The largest absolute Gasteiger partial charge is 0.372 e. The average Bonchev–Trinajstić information content (AvgIpc) is 2.71. The van der Waals surface area contributed by atoms with E-state index in [1.807, 2.05) is 13.1 Å². The van der Waals surface area contributed by atoms with Crippen LogP contribution in [-0.2, 0) is 11.2 Å². The first-order valence-electron chi connectivity index (χ1n) is 7.04. The molecule has 112 valence electrons. The van der Waals surface area contributed by atoms with Crippen LogP contribution < -0.4 is 5.32 Å². The lowest BCUT2D eigenvalue weighted by Gasteiger charge is -2.19. The standard InChI is InChI=1S/C16H19N3O.ClH/c1-17-10-16-14-5-2-4-13(12(14)6-3-9-20-16)15-7-8-18-11-19-15;/h2,4-5,7-8,11,16-17H,3,6,9-10H2,1H3;1H/t16-;/m0./s1. The quantitative estimate of drug-likeness (QED) is 0.947. The molecule has 1 aromatic heterocycles. The number of fused-ring (bicyclic) bond motifs is 1. The number of rotatable bonds is 3. The van der Waals surface area contributed by atoms with Gasteiger partial charge in [0.25, 0.3) is 0 Å². The molecule has 2 aromatic rings. The van der Waals surface area contributed by atoms with Crippen LogP contribution in [0.2, 0.25) is 0 Å². The van der Waals surface area contributed by atoms with Crippen molar-refractivity contribution < 1.29 is 4.74 Å². The van der Waals surface area contributed by atoms with Crippen LogP contribution in [-0.4, -0.2) is 30.2 Å². The number of nitrogens with zero attached hydrogens (tertiary/aromatic N) is 2. The Kier molecular flexibility index (Phi) is 5.67. The molecule has 1 aliphatic heterocycles. The van der Waals surface area contributed by atoms with Crippen LogP contribution in [0.25, 0.3) is 11.3 Å². The molecule has 0 aliphatic carbocycles. The average molecular weight is 306 g/mol. The third kappa shape index (κ3) is 3.40. The molecule has 1 N–H and O–H groups in total. The highest BCUT2D eigenvalue weighted by atomic mass is 35.5. The number of aromatic nitrogens is 2. The fourth-order valence-corrected chi connectivity index (χ4v) is 2.79. The van der Waals surface area contributed by atoms with Gasteiger partial charge in [-0.15, -0.1) is 12.4 Å². The Morgan fingerprint density at radius 2 is 2.24 bits per heavy atom. The number of nitrogens with one attached hydrogen (secondary N) is 1. The highest BCUT2D eigenvalue weighted by Crippen LogP contribution is 2.32. The number of likely N-dealkylation sites (N-methyl/N-ethyl adjacent to an activating group) is 1. The van der Waals surface area contributed by atoms with Crippen molar-refractivity contribution >= 4 is 12.4 Å². The molecule has 0 unspecified atom stereocenters. The molecule has 3 rings (SSSR count). The Morgan fingerprint density at radius 3 is 3.00 bits per heavy atom. The van der Waals surface area contributed by atoms with Gasteiger partial charge in [-0.25, -0.2) is 9.97 Å². The normalized spacial score (nSPS) is 17.5. The Hall–Kier alpha value is -1.49. The van der Waals surface area contributed by atoms with Gasteiger partial charge in [0.1, 0.15) is 6.33 Å². The summed E-state index contributed by atoms with van der Waals surface area (Å²) in [4.78, 5) is 8.39. The third-order valence-corrected chi connectivity index (χ3v) is 3.70. The van der Waals surface area contributed by atoms with E-state index in [1.54, 1.807) is 12.5 Å². The van der Waals surface area contributed by atoms with E-state index in [0.717, 1.165) is 31.7 Å². The molecule has 0 saturated heterocycles. The van der Waals surface area contributed by atoms with E-state index < -0.39 is 0 Å². The zero-order chi connectivity index (χ0) is 13.8. The minimum Gasteiger partial charge on any atom is -0.372 e. The van der Waals surface area contributed by atoms with Crippen LogP contribution in [0.15, 0.2) is 36.8 Å². The first kappa shape index (κ1) is 15.9. The van der Waals surface area contributed by atoms with E-state index in [0.29, 0.717) is 0 Å². The number of hydrogen-bond acceptors (Lipinski definition) is 4. The molecule has 1 atom stereocenters. The summed E-state index contributed by atoms with van der Waals surface area (Å²) >= 11 is 0. The molecule has 2 heterocycles. The van der Waals surface area contributed by atoms with Gasteiger partial charge in [0.15, 0.2) is 0 Å². The van der Waals surface area contributed by atoms with Crippen molar-refractivity contribution in [1.29, 1.82) is 0 Å². The van der Waals surface area contributed by atoms with Gasteiger partial charge in [-0.3, -0.25) is 0 Å². The molecule has 5 heteroatoms. The van der Waals surface area contributed by atoms with Crippen molar-refractivity contribution in [2.24, 2.45) is 0 Å². The van der Waals surface area contributed by atoms with Crippen molar-refractivity contribution in [3.8, 4) is 11.3 Å². The van der Waals surface area contributed by atoms with Crippen molar-refractivity contribution in [3.05, 3.63) is 47.9 Å². The predicted molar refractivity (Wildman–Crippen MR) is 85.7 cm³/mol. The summed E-state index contributed by atoms with van der Waals surface area (Å²) < 4.78 is 5.97. The van der Waals surface area contributed by atoms with Gasteiger partial charge in [-0.05, 0) is 37.1 Å². The van der Waals surface area contributed by atoms with Crippen molar-refractivity contribution in [3.63, 3.8) is 0 Å².